The van der Waals surface area contributed by atoms with E-state index in [0.717, 1.165) is 38.4 Å². The van der Waals surface area contributed by atoms with Crippen molar-refractivity contribution in [3.05, 3.63) is 106 Å². The highest BCUT2D eigenvalue weighted by Gasteiger charge is 2.24. The van der Waals surface area contributed by atoms with Crippen molar-refractivity contribution in [1.82, 2.24) is 4.57 Å². The van der Waals surface area contributed by atoms with Crippen LogP contribution in [0.15, 0.2) is 89.7 Å². The number of aryl methyl sites for hydroxylation is 1. The van der Waals surface area contributed by atoms with Crippen molar-refractivity contribution in [3.63, 3.8) is 0 Å². The fourth-order valence-corrected chi connectivity index (χ4v) is 3.92. The summed E-state index contributed by atoms with van der Waals surface area (Å²) in [6.45, 7) is 3.09. The molecule has 33 heavy (non-hydrogen) atoms. The Labute approximate surface area is 196 Å². The van der Waals surface area contributed by atoms with Crippen LogP contribution >= 0.6 is 11.6 Å². The van der Waals surface area contributed by atoms with Crippen molar-refractivity contribution in [2.24, 2.45) is 4.99 Å². The van der Waals surface area contributed by atoms with Gasteiger partial charge in [-0.1, -0.05) is 48.0 Å². The quantitative estimate of drug-likeness (QED) is 0.263. The maximum atomic E-state index is 12.4. The van der Waals surface area contributed by atoms with E-state index in [1.165, 1.54) is 0 Å². The molecule has 4 aromatic rings. The number of esters is 1. The van der Waals surface area contributed by atoms with Gasteiger partial charge in [0.2, 0.25) is 5.90 Å². The molecular formula is C27H21ClN2O3. The van der Waals surface area contributed by atoms with Gasteiger partial charge in [-0.3, -0.25) is 0 Å². The minimum atomic E-state index is -0.452. The van der Waals surface area contributed by atoms with E-state index in [9.17, 15) is 4.79 Å². The third kappa shape index (κ3) is 4.41. The molecule has 1 aromatic heterocycles. The minimum Gasteiger partial charge on any atom is -0.492 e. The molecule has 0 spiro atoms. The number of cyclic esters (lactones) is 1. The first kappa shape index (κ1) is 21.0. The molecule has 0 atom stereocenters. The van der Waals surface area contributed by atoms with Gasteiger partial charge in [0.05, 0.1) is 6.54 Å². The average molecular weight is 457 g/mol. The molecule has 0 amide bonds. The van der Waals surface area contributed by atoms with Gasteiger partial charge in [0.25, 0.3) is 0 Å². The summed E-state index contributed by atoms with van der Waals surface area (Å²) in [5.74, 6) is 0.654. The summed E-state index contributed by atoms with van der Waals surface area (Å²) in [7, 11) is 0. The van der Waals surface area contributed by atoms with E-state index in [-0.39, 0.29) is 5.70 Å². The molecule has 0 saturated heterocycles. The van der Waals surface area contributed by atoms with Crippen molar-refractivity contribution < 1.29 is 14.3 Å². The Morgan fingerprint density at radius 3 is 2.67 bits per heavy atom. The van der Waals surface area contributed by atoms with Crippen LogP contribution in [0.3, 0.4) is 0 Å². The standard InChI is InChI=1S/C27H21ClN2O3/c1-18-15-21(11-12-23(18)28)32-14-13-30-17-20(22-9-5-6-10-25(22)30)16-24-27(31)33-26(29-24)19-7-3-2-4-8-19/h2-12,15-17H,13-14H2,1H3/b24-16-. The normalized spacial score (nSPS) is 14.5. The smallest absolute Gasteiger partial charge is 0.363 e. The SMILES string of the molecule is Cc1cc(OCCn2cc(/C=C3\N=C(c4ccccc4)OC3=O)c3ccccc32)ccc1Cl. The van der Waals surface area contributed by atoms with E-state index in [2.05, 4.69) is 15.6 Å². The molecule has 0 bridgehead atoms. The van der Waals surface area contributed by atoms with Crippen LogP contribution in [0, 0.1) is 6.92 Å². The molecule has 5 rings (SSSR count). The van der Waals surface area contributed by atoms with Gasteiger partial charge < -0.3 is 14.0 Å². The fraction of sp³-hybridized carbons (Fsp3) is 0.111. The zero-order chi connectivity index (χ0) is 22.8. The number of benzene rings is 3. The van der Waals surface area contributed by atoms with Gasteiger partial charge in [-0.15, -0.1) is 0 Å². The molecule has 3 aromatic carbocycles. The van der Waals surface area contributed by atoms with Gasteiger partial charge in [-0.05, 0) is 55.0 Å². The zero-order valence-corrected chi connectivity index (χ0v) is 18.8. The van der Waals surface area contributed by atoms with Crippen LogP contribution in [0.25, 0.3) is 17.0 Å². The first-order chi connectivity index (χ1) is 16.1. The highest BCUT2D eigenvalue weighted by molar-refractivity contribution is 6.31. The van der Waals surface area contributed by atoms with Crippen LogP contribution in [0.1, 0.15) is 16.7 Å². The number of aliphatic imine (C=N–C) groups is 1. The van der Waals surface area contributed by atoms with Crippen LogP contribution in [0.4, 0.5) is 0 Å². The molecule has 5 nitrogen and oxygen atoms in total. The van der Waals surface area contributed by atoms with Gasteiger partial charge in [0, 0.05) is 33.2 Å². The first-order valence-electron chi connectivity index (χ1n) is 10.6. The summed E-state index contributed by atoms with van der Waals surface area (Å²) in [5, 5.41) is 1.75. The molecule has 1 aliphatic rings. The van der Waals surface area contributed by atoms with Crippen molar-refractivity contribution in [1.29, 1.82) is 0 Å². The van der Waals surface area contributed by atoms with E-state index >= 15 is 0 Å². The Morgan fingerprint density at radius 2 is 1.85 bits per heavy atom. The highest BCUT2D eigenvalue weighted by atomic mass is 35.5. The number of ether oxygens (including phenoxy) is 2. The van der Waals surface area contributed by atoms with E-state index in [4.69, 9.17) is 21.1 Å². The van der Waals surface area contributed by atoms with Gasteiger partial charge in [0.1, 0.15) is 12.4 Å². The fourth-order valence-electron chi connectivity index (χ4n) is 3.80. The Hall–Kier alpha value is -3.83. The topological polar surface area (TPSA) is 52.8 Å². The Kier molecular flexibility index (Phi) is 5.71. The lowest BCUT2D eigenvalue weighted by Crippen LogP contribution is -2.07. The van der Waals surface area contributed by atoms with Crippen molar-refractivity contribution in [3.8, 4) is 5.75 Å². The minimum absolute atomic E-state index is 0.282. The number of halogens is 1. The lowest BCUT2D eigenvalue weighted by Gasteiger charge is -2.09. The second-order valence-corrected chi connectivity index (χ2v) is 8.16. The number of fused-ring (bicyclic) bond motifs is 1. The van der Waals surface area contributed by atoms with Crippen LogP contribution in [-0.2, 0) is 16.1 Å². The molecular weight excluding hydrogens is 436 g/mol. The van der Waals surface area contributed by atoms with E-state index in [1.807, 2.05) is 79.9 Å². The number of hydrogen-bond donors (Lipinski definition) is 0. The summed E-state index contributed by atoms with van der Waals surface area (Å²) in [6, 6.07) is 23.1. The Bertz CT molecular complexity index is 1400. The third-order valence-corrected chi connectivity index (χ3v) is 5.91. The Balaban J connectivity index is 1.40. The average Bonchev–Trinajstić information content (AvgIpc) is 3.37. The molecule has 1 aliphatic heterocycles. The summed E-state index contributed by atoms with van der Waals surface area (Å²) in [4.78, 5) is 16.9. The van der Waals surface area contributed by atoms with Gasteiger partial charge in [-0.2, -0.15) is 0 Å². The maximum Gasteiger partial charge on any atom is 0.363 e. The number of hydrogen-bond acceptors (Lipinski definition) is 4. The summed E-state index contributed by atoms with van der Waals surface area (Å²) in [5.41, 5.74) is 3.99. The van der Waals surface area contributed by atoms with Crippen LogP contribution in [0.2, 0.25) is 5.02 Å². The number of rotatable bonds is 6. The van der Waals surface area contributed by atoms with Gasteiger partial charge >= 0.3 is 5.97 Å². The second-order valence-electron chi connectivity index (χ2n) is 7.76. The number of para-hydroxylation sites is 1. The van der Waals surface area contributed by atoms with Crippen LogP contribution in [-0.4, -0.2) is 23.0 Å². The monoisotopic (exact) mass is 456 g/mol. The van der Waals surface area contributed by atoms with Gasteiger partial charge in [-0.25, -0.2) is 9.79 Å². The summed E-state index contributed by atoms with van der Waals surface area (Å²) < 4.78 is 13.4. The van der Waals surface area contributed by atoms with Crippen molar-refractivity contribution in [2.45, 2.75) is 13.5 Å². The van der Waals surface area contributed by atoms with E-state index in [1.54, 1.807) is 6.08 Å². The van der Waals surface area contributed by atoms with Crippen LogP contribution < -0.4 is 4.74 Å². The molecule has 0 radical (unpaired) electrons. The second kappa shape index (κ2) is 8.96. The number of nitrogens with zero attached hydrogens (tertiary/aromatic N) is 2. The van der Waals surface area contributed by atoms with Crippen LogP contribution in [0.5, 0.6) is 5.75 Å². The molecule has 0 aliphatic carbocycles. The zero-order valence-electron chi connectivity index (χ0n) is 18.0. The highest BCUT2D eigenvalue weighted by Crippen LogP contribution is 2.27. The van der Waals surface area contributed by atoms with E-state index < -0.39 is 5.97 Å². The molecule has 164 valence electrons. The maximum absolute atomic E-state index is 12.4. The third-order valence-electron chi connectivity index (χ3n) is 5.48. The van der Waals surface area contributed by atoms with E-state index in [0.29, 0.717) is 19.0 Å². The molecule has 0 N–H and O–H groups in total. The predicted octanol–water partition coefficient (Wildman–Crippen LogP) is 6.03. The van der Waals surface area contributed by atoms with Crippen molar-refractivity contribution in [2.75, 3.05) is 6.61 Å². The lowest BCUT2D eigenvalue weighted by molar-refractivity contribution is -0.129. The number of carbonyl (C=O) groups is 1. The molecule has 6 heteroatoms. The molecule has 0 fully saturated rings. The molecule has 0 unspecified atom stereocenters. The first-order valence-corrected chi connectivity index (χ1v) is 11.0. The summed E-state index contributed by atoms with van der Waals surface area (Å²) in [6.07, 6.45) is 3.79. The number of carbonyl (C=O) groups excluding carboxylic acids is 1. The van der Waals surface area contributed by atoms with Gasteiger partial charge in [0.15, 0.2) is 5.70 Å². The summed E-state index contributed by atoms with van der Waals surface area (Å²) >= 11 is 6.10. The Morgan fingerprint density at radius 1 is 1.06 bits per heavy atom. The lowest BCUT2D eigenvalue weighted by atomic mass is 10.1. The molecule has 2 heterocycles. The molecule has 0 saturated carbocycles. The van der Waals surface area contributed by atoms with Crippen molar-refractivity contribution >= 4 is 40.4 Å². The largest absolute Gasteiger partial charge is 0.492 e. The number of aromatic nitrogens is 1. The predicted molar refractivity (Wildman–Crippen MR) is 131 cm³/mol.